The zero-order valence-electron chi connectivity index (χ0n) is 14.7. The first kappa shape index (κ1) is 17.2. The van der Waals surface area contributed by atoms with Crippen LogP contribution in [0.5, 0.6) is 0 Å². The van der Waals surface area contributed by atoms with Crippen LogP contribution in [0.15, 0.2) is 53.5 Å². The standard InChI is InChI=1S/C20H24N4O/c1-24(2)13-5-12-21-15-8-10-16(11-9-15)22-14-18-17-6-3-4-7-19(17)23-20(18)25/h3-4,6-11,14,18,21H,5,12-13H2,1-2H3,(H,23,25). The van der Waals surface area contributed by atoms with Crippen LogP contribution in [0.2, 0.25) is 0 Å². The van der Waals surface area contributed by atoms with Gasteiger partial charge in [0.1, 0.15) is 5.92 Å². The molecule has 0 saturated carbocycles. The lowest BCUT2D eigenvalue weighted by Crippen LogP contribution is -2.16. The molecule has 1 unspecified atom stereocenters. The number of carbonyl (C=O) groups excluding carboxylic acids is 1. The van der Waals surface area contributed by atoms with E-state index in [1.54, 1.807) is 6.21 Å². The normalized spacial score (nSPS) is 16.3. The van der Waals surface area contributed by atoms with Crippen LogP contribution in [0.3, 0.4) is 0 Å². The van der Waals surface area contributed by atoms with Crippen molar-refractivity contribution in [2.45, 2.75) is 12.3 Å². The van der Waals surface area contributed by atoms with Gasteiger partial charge in [-0.2, -0.15) is 0 Å². The highest BCUT2D eigenvalue weighted by atomic mass is 16.2. The Kier molecular flexibility index (Phi) is 5.46. The second-order valence-electron chi connectivity index (χ2n) is 6.46. The number of para-hydroxylation sites is 1. The maximum atomic E-state index is 12.1. The van der Waals surface area contributed by atoms with Crippen molar-refractivity contribution in [1.29, 1.82) is 0 Å². The van der Waals surface area contributed by atoms with E-state index in [0.29, 0.717) is 0 Å². The summed E-state index contributed by atoms with van der Waals surface area (Å²) >= 11 is 0. The number of hydrogen-bond donors (Lipinski definition) is 2. The van der Waals surface area contributed by atoms with E-state index < -0.39 is 0 Å². The van der Waals surface area contributed by atoms with Crippen LogP contribution in [0, 0.1) is 0 Å². The van der Waals surface area contributed by atoms with Gasteiger partial charge in [-0.15, -0.1) is 0 Å². The van der Waals surface area contributed by atoms with E-state index in [1.807, 2.05) is 48.5 Å². The van der Waals surface area contributed by atoms with Crippen molar-refractivity contribution in [2.75, 3.05) is 37.8 Å². The lowest BCUT2D eigenvalue weighted by Gasteiger charge is -2.10. The van der Waals surface area contributed by atoms with E-state index in [1.165, 1.54) is 0 Å². The molecule has 0 spiro atoms. The summed E-state index contributed by atoms with van der Waals surface area (Å²) in [5.74, 6) is -0.343. The summed E-state index contributed by atoms with van der Waals surface area (Å²) in [5.41, 5.74) is 3.79. The summed E-state index contributed by atoms with van der Waals surface area (Å²) in [4.78, 5) is 18.7. The van der Waals surface area contributed by atoms with Gasteiger partial charge in [-0.25, -0.2) is 0 Å². The quantitative estimate of drug-likeness (QED) is 0.601. The molecule has 1 amide bonds. The van der Waals surface area contributed by atoms with Gasteiger partial charge in [-0.1, -0.05) is 18.2 Å². The lowest BCUT2D eigenvalue weighted by molar-refractivity contribution is -0.115. The van der Waals surface area contributed by atoms with Crippen molar-refractivity contribution in [3.8, 4) is 0 Å². The Labute approximate surface area is 148 Å². The van der Waals surface area contributed by atoms with Crippen LogP contribution in [0.4, 0.5) is 17.1 Å². The molecular weight excluding hydrogens is 312 g/mol. The molecule has 1 aliphatic rings. The van der Waals surface area contributed by atoms with E-state index in [9.17, 15) is 4.79 Å². The fourth-order valence-corrected chi connectivity index (χ4v) is 2.84. The molecule has 0 fully saturated rings. The lowest BCUT2D eigenvalue weighted by atomic mass is 10.0. The van der Waals surface area contributed by atoms with Gasteiger partial charge in [0, 0.05) is 24.1 Å². The summed E-state index contributed by atoms with van der Waals surface area (Å²) in [7, 11) is 4.16. The van der Waals surface area contributed by atoms with Crippen LogP contribution in [0.1, 0.15) is 17.9 Å². The van der Waals surface area contributed by atoms with E-state index in [0.717, 1.165) is 42.1 Å². The first-order valence-corrected chi connectivity index (χ1v) is 8.56. The van der Waals surface area contributed by atoms with Gasteiger partial charge in [0.25, 0.3) is 0 Å². The van der Waals surface area contributed by atoms with E-state index in [2.05, 4.69) is 34.6 Å². The van der Waals surface area contributed by atoms with Gasteiger partial charge in [0.15, 0.2) is 0 Å². The van der Waals surface area contributed by atoms with Gasteiger partial charge in [0.2, 0.25) is 5.91 Å². The molecule has 25 heavy (non-hydrogen) atoms. The average molecular weight is 336 g/mol. The summed E-state index contributed by atoms with van der Waals surface area (Å²) in [5, 5.41) is 6.29. The van der Waals surface area contributed by atoms with Crippen LogP contribution in [-0.4, -0.2) is 44.2 Å². The Hall–Kier alpha value is -2.66. The largest absolute Gasteiger partial charge is 0.385 e. The summed E-state index contributed by atoms with van der Waals surface area (Å²) in [6.07, 6.45) is 2.82. The molecule has 1 heterocycles. The third-order valence-corrected chi connectivity index (χ3v) is 4.19. The van der Waals surface area contributed by atoms with Gasteiger partial charge in [-0.3, -0.25) is 9.79 Å². The molecule has 0 radical (unpaired) electrons. The summed E-state index contributed by atoms with van der Waals surface area (Å²) < 4.78 is 0. The van der Waals surface area contributed by atoms with Crippen molar-refractivity contribution in [3.05, 3.63) is 54.1 Å². The topological polar surface area (TPSA) is 56.7 Å². The van der Waals surface area contributed by atoms with Gasteiger partial charge >= 0.3 is 0 Å². The Morgan fingerprint density at radius 3 is 2.68 bits per heavy atom. The zero-order chi connectivity index (χ0) is 17.6. The number of nitrogens with zero attached hydrogens (tertiary/aromatic N) is 2. The highest BCUT2D eigenvalue weighted by Crippen LogP contribution is 2.31. The van der Waals surface area contributed by atoms with Crippen molar-refractivity contribution in [2.24, 2.45) is 4.99 Å². The number of carbonyl (C=O) groups is 1. The predicted molar refractivity (Wildman–Crippen MR) is 104 cm³/mol. The molecule has 0 bridgehead atoms. The Morgan fingerprint density at radius 2 is 1.92 bits per heavy atom. The number of hydrogen-bond acceptors (Lipinski definition) is 4. The van der Waals surface area contributed by atoms with E-state index in [-0.39, 0.29) is 11.8 Å². The molecule has 2 aromatic carbocycles. The molecule has 1 aliphatic heterocycles. The third kappa shape index (κ3) is 4.45. The molecule has 2 aromatic rings. The van der Waals surface area contributed by atoms with Gasteiger partial charge < -0.3 is 15.5 Å². The van der Waals surface area contributed by atoms with Crippen LogP contribution >= 0.6 is 0 Å². The van der Waals surface area contributed by atoms with Crippen LogP contribution in [-0.2, 0) is 4.79 Å². The minimum atomic E-state index is -0.319. The zero-order valence-corrected chi connectivity index (χ0v) is 14.7. The number of benzene rings is 2. The number of rotatable bonds is 7. The van der Waals surface area contributed by atoms with E-state index in [4.69, 9.17) is 0 Å². The fourth-order valence-electron chi connectivity index (χ4n) is 2.84. The van der Waals surface area contributed by atoms with E-state index >= 15 is 0 Å². The van der Waals surface area contributed by atoms with Crippen molar-refractivity contribution in [3.63, 3.8) is 0 Å². The van der Waals surface area contributed by atoms with Crippen LogP contribution in [0.25, 0.3) is 0 Å². The molecule has 5 nitrogen and oxygen atoms in total. The molecule has 0 aromatic heterocycles. The minimum Gasteiger partial charge on any atom is -0.385 e. The Balaban J connectivity index is 1.58. The van der Waals surface area contributed by atoms with Gasteiger partial charge in [-0.05, 0) is 63.0 Å². The number of fused-ring (bicyclic) bond motifs is 1. The monoisotopic (exact) mass is 336 g/mol. The number of aliphatic imine (C=N–C) groups is 1. The predicted octanol–water partition coefficient (Wildman–Crippen LogP) is 3.49. The molecule has 0 saturated heterocycles. The molecule has 0 aliphatic carbocycles. The SMILES string of the molecule is CN(C)CCCNc1ccc(N=CC2C(=O)Nc3ccccc32)cc1. The van der Waals surface area contributed by atoms with Gasteiger partial charge in [0.05, 0.1) is 5.69 Å². The molecule has 5 heteroatoms. The maximum absolute atomic E-state index is 12.1. The number of amides is 1. The summed E-state index contributed by atoms with van der Waals surface area (Å²) in [6.45, 7) is 2.01. The molecule has 130 valence electrons. The Bertz CT molecular complexity index is 753. The van der Waals surface area contributed by atoms with Crippen molar-refractivity contribution in [1.82, 2.24) is 4.90 Å². The second kappa shape index (κ2) is 7.94. The summed E-state index contributed by atoms with van der Waals surface area (Å²) in [6, 6.07) is 15.7. The average Bonchev–Trinajstić information content (AvgIpc) is 2.93. The highest BCUT2D eigenvalue weighted by molar-refractivity contribution is 6.12. The fraction of sp³-hybridized carbons (Fsp3) is 0.300. The molecule has 1 atom stereocenters. The number of nitrogens with one attached hydrogen (secondary N) is 2. The van der Waals surface area contributed by atoms with Crippen molar-refractivity contribution >= 4 is 29.2 Å². The second-order valence-corrected chi connectivity index (χ2v) is 6.46. The first-order chi connectivity index (χ1) is 12.1. The molecular formula is C20H24N4O. The van der Waals surface area contributed by atoms with Crippen LogP contribution < -0.4 is 10.6 Å². The highest BCUT2D eigenvalue weighted by Gasteiger charge is 2.28. The third-order valence-electron chi connectivity index (χ3n) is 4.19. The smallest absolute Gasteiger partial charge is 0.237 e. The first-order valence-electron chi connectivity index (χ1n) is 8.56. The Morgan fingerprint density at radius 1 is 1.16 bits per heavy atom. The number of anilines is 2. The maximum Gasteiger partial charge on any atom is 0.237 e. The molecule has 2 N–H and O–H groups in total. The van der Waals surface area contributed by atoms with Crippen molar-refractivity contribution < 1.29 is 4.79 Å². The minimum absolute atomic E-state index is 0.0240. The molecule has 3 rings (SSSR count).